The molecule has 21 heavy (non-hydrogen) atoms. The first-order chi connectivity index (χ1) is 10.0. The third-order valence-corrected chi connectivity index (χ3v) is 4.06. The van der Waals surface area contributed by atoms with Gasteiger partial charge < -0.3 is 0 Å². The number of nitrogens with zero attached hydrogens (tertiary/aromatic N) is 1. The Balaban J connectivity index is 2.23. The number of hydrogen-bond donors (Lipinski definition) is 0. The average Bonchev–Trinajstić information content (AvgIpc) is 2.51. The van der Waals surface area contributed by atoms with E-state index < -0.39 is 0 Å². The smallest absolute Gasteiger partial charge is 0.187 e. The zero-order chi connectivity index (χ0) is 15.4. The molecule has 0 saturated carbocycles. The third-order valence-electron chi connectivity index (χ3n) is 2.77. The van der Waals surface area contributed by atoms with Crippen LogP contribution in [0, 0.1) is 11.3 Å². The van der Waals surface area contributed by atoms with E-state index in [-0.39, 0.29) is 21.4 Å². The largest absolute Gasteiger partial charge is 0.289 e. The minimum Gasteiger partial charge on any atom is -0.289 e. The lowest BCUT2D eigenvalue weighted by molar-refractivity contribution is 0.104. The molecule has 0 aliphatic carbocycles. The molecule has 0 aliphatic rings. The van der Waals surface area contributed by atoms with Gasteiger partial charge in [0.05, 0.1) is 26.7 Å². The Kier molecular flexibility index (Phi) is 5.03. The Labute approximate surface area is 137 Å². The maximum atomic E-state index is 12.1. The molecule has 2 rings (SSSR count). The molecule has 0 spiro atoms. The first-order valence-corrected chi connectivity index (χ1v) is 7.02. The fraction of sp³-hybridized carbons (Fsp3) is 0. The van der Waals surface area contributed by atoms with Gasteiger partial charge in [0, 0.05) is 5.56 Å². The second kappa shape index (κ2) is 6.78. The molecule has 0 atom stereocenters. The molecule has 0 fully saturated rings. The van der Waals surface area contributed by atoms with Crippen LogP contribution in [0.4, 0.5) is 0 Å². The Morgan fingerprint density at radius 3 is 2.29 bits per heavy atom. The number of carbonyl (C=O) groups excluding carboxylic acids is 1. The number of nitriles is 1. The standard InChI is InChI=1S/C16H8Cl3NO/c17-13-7-6-12(15(18)16(13)19)14(21)8-5-10-1-3-11(9-20)4-2-10/h1-8H/b8-5+. The van der Waals surface area contributed by atoms with E-state index in [1.54, 1.807) is 30.3 Å². The maximum Gasteiger partial charge on any atom is 0.187 e. The van der Waals surface area contributed by atoms with E-state index in [0.29, 0.717) is 10.6 Å². The summed E-state index contributed by atoms with van der Waals surface area (Å²) in [5.74, 6) is -0.275. The molecule has 0 radical (unpaired) electrons. The highest BCUT2D eigenvalue weighted by atomic mass is 35.5. The molecule has 2 nitrogen and oxygen atoms in total. The normalized spacial score (nSPS) is 10.6. The number of hydrogen-bond acceptors (Lipinski definition) is 2. The van der Waals surface area contributed by atoms with Gasteiger partial charge in [0.25, 0.3) is 0 Å². The Morgan fingerprint density at radius 1 is 1.00 bits per heavy atom. The van der Waals surface area contributed by atoms with Crippen molar-refractivity contribution in [2.24, 2.45) is 0 Å². The monoisotopic (exact) mass is 335 g/mol. The Morgan fingerprint density at radius 2 is 1.67 bits per heavy atom. The highest BCUT2D eigenvalue weighted by Gasteiger charge is 2.12. The van der Waals surface area contributed by atoms with E-state index >= 15 is 0 Å². The number of carbonyl (C=O) groups is 1. The van der Waals surface area contributed by atoms with Gasteiger partial charge in [-0.1, -0.05) is 53.0 Å². The van der Waals surface area contributed by atoms with Crippen molar-refractivity contribution in [3.8, 4) is 6.07 Å². The van der Waals surface area contributed by atoms with Crippen LogP contribution < -0.4 is 0 Å². The summed E-state index contributed by atoms with van der Waals surface area (Å²) >= 11 is 17.7. The fourth-order valence-corrected chi connectivity index (χ4v) is 2.28. The topological polar surface area (TPSA) is 40.9 Å². The number of halogens is 3. The molecule has 0 unspecified atom stereocenters. The van der Waals surface area contributed by atoms with Crippen molar-refractivity contribution in [3.05, 3.63) is 74.2 Å². The summed E-state index contributed by atoms with van der Waals surface area (Å²) in [5.41, 5.74) is 1.65. The Hall–Kier alpha value is -1.79. The predicted octanol–water partition coefficient (Wildman–Crippen LogP) is 5.41. The summed E-state index contributed by atoms with van der Waals surface area (Å²) in [6.07, 6.45) is 3.04. The summed E-state index contributed by atoms with van der Waals surface area (Å²) in [7, 11) is 0. The second-order valence-electron chi connectivity index (χ2n) is 4.15. The minimum atomic E-state index is -0.275. The molecule has 2 aromatic rings. The summed E-state index contributed by atoms with van der Waals surface area (Å²) < 4.78 is 0. The van der Waals surface area contributed by atoms with E-state index in [0.717, 1.165) is 5.56 Å². The van der Waals surface area contributed by atoms with Crippen LogP contribution in [0.2, 0.25) is 15.1 Å². The van der Waals surface area contributed by atoms with Crippen LogP contribution in [-0.4, -0.2) is 5.78 Å². The predicted molar refractivity (Wildman–Crippen MR) is 86.0 cm³/mol. The van der Waals surface area contributed by atoms with Crippen LogP contribution in [0.5, 0.6) is 0 Å². The summed E-state index contributed by atoms with van der Waals surface area (Å²) in [4.78, 5) is 12.1. The van der Waals surface area contributed by atoms with Crippen LogP contribution >= 0.6 is 34.8 Å². The maximum absolute atomic E-state index is 12.1. The van der Waals surface area contributed by atoms with Crippen molar-refractivity contribution >= 4 is 46.7 Å². The van der Waals surface area contributed by atoms with E-state index in [1.807, 2.05) is 6.07 Å². The lowest BCUT2D eigenvalue weighted by atomic mass is 10.1. The zero-order valence-corrected chi connectivity index (χ0v) is 12.9. The molecule has 2 aromatic carbocycles. The van der Waals surface area contributed by atoms with E-state index in [9.17, 15) is 4.79 Å². The highest BCUT2D eigenvalue weighted by Crippen LogP contribution is 2.33. The number of ketones is 1. The first-order valence-electron chi connectivity index (χ1n) is 5.89. The molecular formula is C16H8Cl3NO. The highest BCUT2D eigenvalue weighted by molar-refractivity contribution is 6.49. The van der Waals surface area contributed by atoms with Crippen LogP contribution in [0.3, 0.4) is 0 Å². The van der Waals surface area contributed by atoms with Gasteiger partial charge in [-0.25, -0.2) is 0 Å². The van der Waals surface area contributed by atoms with Gasteiger partial charge in [-0.3, -0.25) is 4.79 Å². The van der Waals surface area contributed by atoms with Crippen molar-refractivity contribution < 1.29 is 4.79 Å². The van der Waals surface area contributed by atoms with Crippen LogP contribution in [-0.2, 0) is 0 Å². The molecule has 0 saturated heterocycles. The van der Waals surface area contributed by atoms with Gasteiger partial charge in [0.2, 0.25) is 0 Å². The van der Waals surface area contributed by atoms with Crippen molar-refractivity contribution in [1.82, 2.24) is 0 Å². The first kappa shape index (κ1) is 15.6. The van der Waals surface area contributed by atoms with Crippen LogP contribution in [0.1, 0.15) is 21.5 Å². The molecular weight excluding hydrogens is 329 g/mol. The van der Waals surface area contributed by atoms with Gasteiger partial charge in [-0.05, 0) is 35.9 Å². The Bertz CT molecular complexity index is 758. The third kappa shape index (κ3) is 3.65. The summed E-state index contributed by atoms with van der Waals surface area (Å²) in [5, 5.41) is 9.31. The SMILES string of the molecule is N#Cc1ccc(/C=C/C(=O)c2ccc(Cl)c(Cl)c2Cl)cc1. The summed E-state index contributed by atoms with van der Waals surface area (Å²) in [6, 6.07) is 11.9. The van der Waals surface area contributed by atoms with Crippen LogP contribution in [0.25, 0.3) is 6.08 Å². The second-order valence-corrected chi connectivity index (χ2v) is 5.32. The molecule has 5 heteroatoms. The molecule has 0 aliphatic heterocycles. The molecule has 104 valence electrons. The van der Waals surface area contributed by atoms with Gasteiger partial charge in [-0.15, -0.1) is 0 Å². The van der Waals surface area contributed by atoms with E-state index in [1.165, 1.54) is 18.2 Å². The van der Waals surface area contributed by atoms with Gasteiger partial charge in [-0.2, -0.15) is 5.26 Å². The van der Waals surface area contributed by atoms with Gasteiger partial charge in [0.15, 0.2) is 5.78 Å². The fourth-order valence-electron chi connectivity index (χ4n) is 1.65. The van der Waals surface area contributed by atoms with Gasteiger partial charge in [0.1, 0.15) is 0 Å². The number of rotatable bonds is 3. The van der Waals surface area contributed by atoms with Crippen molar-refractivity contribution in [2.75, 3.05) is 0 Å². The molecule has 0 amide bonds. The van der Waals surface area contributed by atoms with Crippen LogP contribution in [0.15, 0.2) is 42.5 Å². The lowest BCUT2D eigenvalue weighted by Crippen LogP contribution is -1.96. The molecule has 0 aromatic heterocycles. The van der Waals surface area contributed by atoms with E-state index in [4.69, 9.17) is 40.1 Å². The van der Waals surface area contributed by atoms with Gasteiger partial charge >= 0.3 is 0 Å². The zero-order valence-electron chi connectivity index (χ0n) is 10.6. The molecule has 0 N–H and O–H groups in total. The van der Waals surface area contributed by atoms with Crippen molar-refractivity contribution in [3.63, 3.8) is 0 Å². The summed E-state index contributed by atoms with van der Waals surface area (Å²) in [6.45, 7) is 0. The van der Waals surface area contributed by atoms with Crippen molar-refractivity contribution in [2.45, 2.75) is 0 Å². The lowest BCUT2D eigenvalue weighted by Gasteiger charge is -2.03. The molecule has 0 heterocycles. The minimum absolute atomic E-state index is 0.138. The molecule has 0 bridgehead atoms. The van der Waals surface area contributed by atoms with E-state index in [2.05, 4.69) is 0 Å². The quantitative estimate of drug-likeness (QED) is 0.427. The number of allylic oxidation sites excluding steroid dienone is 1. The van der Waals surface area contributed by atoms with Crippen molar-refractivity contribution in [1.29, 1.82) is 5.26 Å². The number of benzene rings is 2. The average molecular weight is 337 g/mol.